The minimum atomic E-state index is -0.508. The highest BCUT2D eigenvalue weighted by Crippen LogP contribution is 2.63. The second kappa shape index (κ2) is 12.8. The van der Waals surface area contributed by atoms with E-state index in [1.807, 2.05) is 0 Å². The predicted octanol–water partition coefficient (Wildman–Crippen LogP) is 15.9. The molecule has 0 atom stereocenters. The first-order valence-electron chi connectivity index (χ1n) is 22.3. The summed E-state index contributed by atoms with van der Waals surface area (Å²) in [5.74, 6) is 1.82. The van der Waals surface area contributed by atoms with Gasteiger partial charge in [-0.2, -0.15) is 0 Å². The van der Waals surface area contributed by atoms with E-state index in [0.717, 1.165) is 28.6 Å². The maximum absolute atomic E-state index is 6.62. The minimum absolute atomic E-state index is 0.119. The summed E-state index contributed by atoms with van der Waals surface area (Å²) < 4.78 is 6.62. The third kappa shape index (κ3) is 4.79. The quantitative estimate of drug-likeness (QED) is 0.176. The first-order valence-corrected chi connectivity index (χ1v) is 22.3. The summed E-state index contributed by atoms with van der Waals surface area (Å²) in [5.41, 5.74) is 23.4. The Hall–Kier alpha value is -7.42. The average molecular weight is 808 g/mol. The Bertz CT molecular complexity index is 3230. The third-order valence-corrected chi connectivity index (χ3v) is 15.0. The lowest BCUT2D eigenvalue weighted by molar-refractivity contribution is 0.436. The van der Waals surface area contributed by atoms with Crippen LogP contribution in [0.5, 0.6) is 11.5 Å². The van der Waals surface area contributed by atoms with Crippen LogP contribution in [0, 0.1) is 0 Å². The Kier molecular flexibility index (Phi) is 7.37. The molecule has 0 amide bonds. The molecule has 2 heteroatoms. The van der Waals surface area contributed by atoms with Gasteiger partial charge in [0.2, 0.25) is 0 Å². The van der Waals surface area contributed by atoms with Gasteiger partial charge in [0.15, 0.2) is 0 Å². The molecule has 0 bridgehead atoms. The molecule has 9 aromatic rings. The summed E-state index contributed by atoms with van der Waals surface area (Å²) in [5, 5.41) is 0. The van der Waals surface area contributed by atoms with Gasteiger partial charge in [0.05, 0.1) is 5.41 Å². The normalized spacial score (nSPS) is 15.5. The van der Waals surface area contributed by atoms with Crippen LogP contribution in [0.2, 0.25) is 0 Å². The van der Waals surface area contributed by atoms with Crippen molar-refractivity contribution in [3.63, 3.8) is 0 Å². The smallest absolute Gasteiger partial charge is 0.132 e. The van der Waals surface area contributed by atoms with E-state index in [9.17, 15) is 0 Å². The van der Waals surface area contributed by atoms with Crippen molar-refractivity contribution >= 4 is 17.1 Å². The van der Waals surface area contributed by atoms with Gasteiger partial charge in [0.25, 0.3) is 0 Å². The van der Waals surface area contributed by atoms with Crippen molar-refractivity contribution in [2.24, 2.45) is 0 Å². The van der Waals surface area contributed by atoms with E-state index in [4.69, 9.17) is 4.74 Å². The third-order valence-electron chi connectivity index (χ3n) is 15.0. The molecule has 0 radical (unpaired) electrons. The van der Waals surface area contributed by atoms with Crippen molar-refractivity contribution in [1.82, 2.24) is 0 Å². The zero-order valence-electron chi connectivity index (χ0n) is 35.9. The average Bonchev–Trinajstić information content (AvgIpc) is 3.84. The van der Waals surface area contributed by atoms with E-state index in [0.29, 0.717) is 0 Å². The number of nitrogens with zero attached hydrogens (tertiary/aromatic N) is 1. The lowest BCUT2D eigenvalue weighted by atomic mass is 9.66. The van der Waals surface area contributed by atoms with Gasteiger partial charge in [0.1, 0.15) is 11.5 Å². The molecule has 0 aromatic heterocycles. The van der Waals surface area contributed by atoms with E-state index >= 15 is 0 Å². The van der Waals surface area contributed by atoms with Crippen LogP contribution < -0.4 is 9.64 Å². The fourth-order valence-electron chi connectivity index (χ4n) is 12.0. The zero-order chi connectivity index (χ0) is 42.2. The predicted molar refractivity (Wildman–Crippen MR) is 259 cm³/mol. The molecular weight excluding hydrogens is 763 g/mol. The summed E-state index contributed by atoms with van der Waals surface area (Å²) in [6.45, 7) is 9.48. The molecule has 1 spiro atoms. The Morgan fingerprint density at radius 2 is 0.730 bits per heavy atom. The molecule has 2 nitrogen and oxygen atoms in total. The highest BCUT2D eigenvalue weighted by Gasteiger charge is 2.51. The summed E-state index contributed by atoms with van der Waals surface area (Å²) in [6.07, 6.45) is 0. The lowest BCUT2D eigenvalue weighted by Gasteiger charge is -2.39. The van der Waals surface area contributed by atoms with Gasteiger partial charge in [0, 0.05) is 39.0 Å². The molecule has 1 aliphatic heterocycles. The lowest BCUT2D eigenvalue weighted by Crippen LogP contribution is -2.32. The van der Waals surface area contributed by atoms with Gasteiger partial charge in [-0.25, -0.2) is 0 Å². The molecule has 63 heavy (non-hydrogen) atoms. The van der Waals surface area contributed by atoms with Crippen LogP contribution in [0.1, 0.15) is 72.2 Å². The molecule has 13 rings (SSSR count). The number of hydrogen-bond donors (Lipinski definition) is 0. The van der Waals surface area contributed by atoms with Crippen LogP contribution in [0.15, 0.2) is 200 Å². The molecule has 9 aromatic carbocycles. The summed E-state index contributed by atoms with van der Waals surface area (Å²) >= 11 is 0. The summed E-state index contributed by atoms with van der Waals surface area (Å²) in [6, 6.07) is 74.5. The summed E-state index contributed by atoms with van der Waals surface area (Å²) in [7, 11) is 0. The number of rotatable bonds is 4. The molecule has 300 valence electrons. The fraction of sp³-hybridized carbons (Fsp3) is 0.115. The van der Waals surface area contributed by atoms with Crippen LogP contribution in [-0.2, 0) is 16.2 Å². The van der Waals surface area contributed by atoms with Gasteiger partial charge in [-0.3, -0.25) is 0 Å². The molecule has 1 heterocycles. The zero-order valence-corrected chi connectivity index (χ0v) is 35.9. The Morgan fingerprint density at radius 3 is 1.29 bits per heavy atom. The largest absolute Gasteiger partial charge is 0.457 e. The van der Waals surface area contributed by atoms with Gasteiger partial charge >= 0.3 is 0 Å². The van der Waals surface area contributed by atoms with Crippen LogP contribution in [0.25, 0.3) is 44.5 Å². The highest BCUT2D eigenvalue weighted by molar-refractivity contribution is 5.97. The minimum Gasteiger partial charge on any atom is -0.457 e. The Morgan fingerprint density at radius 1 is 0.317 bits per heavy atom. The molecule has 0 N–H and O–H groups in total. The van der Waals surface area contributed by atoms with E-state index in [1.165, 1.54) is 89.0 Å². The van der Waals surface area contributed by atoms with Crippen molar-refractivity contribution in [2.45, 2.75) is 43.9 Å². The van der Waals surface area contributed by atoms with E-state index in [1.54, 1.807) is 0 Å². The number of ether oxygens (including phenoxy) is 1. The number of anilines is 3. The van der Waals surface area contributed by atoms with Crippen molar-refractivity contribution in [1.29, 1.82) is 0 Å². The van der Waals surface area contributed by atoms with Gasteiger partial charge < -0.3 is 9.64 Å². The van der Waals surface area contributed by atoms with Gasteiger partial charge in [-0.05, 0) is 126 Å². The summed E-state index contributed by atoms with van der Waals surface area (Å²) in [4.78, 5) is 2.47. The number of hydrogen-bond acceptors (Lipinski definition) is 2. The fourth-order valence-corrected chi connectivity index (χ4v) is 12.0. The number of benzene rings is 9. The van der Waals surface area contributed by atoms with Gasteiger partial charge in [-0.1, -0.05) is 179 Å². The maximum atomic E-state index is 6.62. The molecule has 0 fully saturated rings. The second-order valence-electron chi connectivity index (χ2n) is 18.8. The standard InChI is InChI=1S/C61H45NO/c1-59(2)48-20-8-5-16-43(48)45-34-32-40(36-54(45)59)62(41-33-35-46-44-17-6-9-21-49(44)60(3,4)55(46)37-41)39-30-28-38(29-31-39)42-19-15-25-53-58(42)47-18-7-10-22-50(47)61(53)51-23-11-13-26-56(51)63-57-27-14-12-24-52(57)61/h5-37H,1-4H3. The first kappa shape index (κ1) is 36.3. The molecule has 3 aliphatic carbocycles. The van der Waals surface area contributed by atoms with Crippen molar-refractivity contribution in [3.05, 3.63) is 245 Å². The topological polar surface area (TPSA) is 12.5 Å². The van der Waals surface area contributed by atoms with Gasteiger partial charge in [-0.15, -0.1) is 0 Å². The molecule has 0 saturated carbocycles. The molecule has 4 aliphatic rings. The Balaban J connectivity index is 0.982. The van der Waals surface area contributed by atoms with Crippen LogP contribution in [0.3, 0.4) is 0 Å². The second-order valence-corrected chi connectivity index (χ2v) is 18.8. The van der Waals surface area contributed by atoms with Crippen molar-refractivity contribution < 1.29 is 4.74 Å². The van der Waals surface area contributed by atoms with E-state index < -0.39 is 5.41 Å². The SMILES string of the molecule is CC1(C)c2ccccc2-c2ccc(N(c3ccc(-c4cccc5c4-c4ccccc4C54c5ccccc5Oc5ccccc54)cc3)c3ccc4c(c3)C(C)(C)c3ccccc3-4)cc21. The Labute approximate surface area is 369 Å². The molecule has 0 saturated heterocycles. The highest BCUT2D eigenvalue weighted by atomic mass is 16.5. The molecule has 0 unspecified atom stereocenters. The monoisotopic (exact) mass is 807 g/mol. The van der Waals surface area contributed by atoms with Crippen LogP contribution in [-0.4, -0.2) is 0 Å². The van der Waals surface area contributed by atoms with Crippen molar-refractivity contribution in [3.8, 4) is 56.0 Å². The maximum Gasteiger partial charge on any atom is 0.132 e. The number of fused-ring (bicyclic) bond motifs is 15. The van der Waals surface area contributed by atoms with Crippen LogP contribution in [0.4, 0.5) is 17.1 Å². The van der Waals surface area contributed by atoms with E-state index in [-0.39, 0.29) is 10.8 Å². The molecular formula is C61H45NO. The van der Waals surface area contributed by atoms with E-state index in [2.05, 4.69) is 233 Å². The number of para-hydroxylation sites is 2. The first-order chi connectivity index (χ1) is 30.8. The van der Waals surface area contributed by atoms with Crippen LogP contribution >= 0.6 is 0 Å². The van der Waals surface area contributed by atoms with Crippen molar-refractivity contribution in [2.75, 3.05) is 4.90 Å².